The van der Waals surface area contributed by atoms with Crippen LogP contribution >= 0.6 is 0 Å². The fourth-order valence-electron chi connectivity index (χ4n) is 3.01. The van der Waals surface area contributed by atoms with Crippen molar-refractivity contribution < 1.29 is 4.79 Å². The highest BCUT2D eigenvalue weighted by molar-refractivity contribution is 5.83. The number of nitrogens with two attached hydrogens (primary N) is 1. The molecule has 1 amide bonds. The lowest BCUT2D eigenvalue weighted by molar-refractivity contribution is -0.133. The molecule has 120 valence electrons. The summed E-state index contributed by atoms with van der Waals surface area (Å²) >= 11 is 0. The lowest BCUT2D eigenvalue weighted by Crippen LogP contribution is -2.51. The molecule has 4 heteroatoms. The predicted octanol–water partition coefficient (Wildman–Crippen LogP) is 2.34. The number of rotatable bonds is 3. The van der Waals surface area contributed by atoms with E-state index < -0.39 is 6.04 Å². The highest BCUT2D eigenvalue weighted by Gasteiger charge is 2.26. The van der Waals surface area contributed by atoms with Gasteiger partial charge in [-0.2, -0.15) is 0 Å². The van der Waals surface area contributed by atoms with Crippen molar-refractivity contribution in [2.45, 2.75) is 13.0 Å². The van der Waals surface area contributed by atoms with Gasteiger partial charge in [0, 0.05) is 31.9 Å². The summed E-state index contributed by atoms with van der Waals surface area (Å²) in [6.45, 7) is 5.22. The van der Waals surface area contributed by atoms with Crippen LogP contribution in [0.5, 0.6) is 0 Å². The number of piperazine rings is 1. The quantitative estimate of drug-likeness (QED) is 0.947. The molecule has 1 atom stereocenters. The van der Waals surface area contributed by atoms with Gasteiger partial charge in [0.15, 0.2) is 0 Å². The van der Waals surface area contributed by atoms with Crippen LogP contribution in [-0.4, -0.2) is 37.0 Å². The number of hydrogen-bond donors (Lipinski definition) is 1. The van der Waals surface area contributed by atoms with Gasteiger partial charge < -0.3 is 15.5 Å². The fourth-order valence-corrected chi connectivity index (χ4v) is 3.01. The smallest absolute Gasteiger partial charge is 0.244 e. The highest BCUT2D eigenvalue weighted by atomic mass is 16.2. The summed E-state index contributed by atoms with van der Waals surface area (Å²) in [5.41, 5.74) is 9.49. The molecule has 1 fully saturated rings. The van der Waals surface area contributed by atoms with E-state index in [1.165, 1.54) is 11.3 Å². The van der Waals surface area contributed by atoms with Crippen LogP contribution in [0.25, 0.3) is 0 Å². The Morgan fingerprint density at radius 2 is 1.70 bits per heavy atom. The summed E-state index contributed by atoms with van der Waals surface area (Å²) in [5.74, 6) is 0.0140. The van der Waals surface area contributed by atoms with Crippen molar-refractivity contribution in [2.75, 3.05) is 31.1 Å². The molecule has 0 radical (unpaired) electrons. The Bertz CT molecular complexity index is 663. The second kappa shape index (κ2) is 6.84. The van der Waals surface area contributed by atoms with Gasteiger partial charge in [0.25, 0.3) is 0 Å². The van der Waals surface area contributed by atoms with E-state index in [0.717, 1.165) is 18.7 Å². The summed E-state index contributed by atoms with van der Waals surface area (Å²) in [4.78, 5) is 16.8. The zero-order valence-corrected chi connectivity index (χ0v) is 13.5. The maximum Gasteiger partial charge on any atom is 0.244 e. The molecule has 2 aromatic rings. The van der Waals surface area contributed by atoms with E-state index in [2.05, 4.69) is 36.1 Å². The number of amides is 1. The molecule has 1 heterocycles. The van der Waals surface area contributed by atoms with Crippen molar-refractivity contribution in [2.24, 2.45) is 5.73 Å². The maximum absolute atomic E-state index is 12.6. The van der Waals surface area contributed by atoms with Crippen LogP contribution in [0.4, 0.5) is 5.69 Å². The van der Waals surface area contributed by atoms with Crippen LogP contribution in [-0.2, 0) is 4.79 Å². The molecule has 0 unspecified atom stereocenters. The first-order chi connectivity index (χ1) is 11.1. The number of benzene rings is 2. The van der Waals surface area contributed by atoms with E-state index in [4.69, 9.17) is 5.73 Å². The normalized spacial score (nSPS) is 16.3. The van der Waals surface area contributed by atoms with Crippen molar-refractivity contribution in [3.8, 4) is 0 Å². The topological polar surface area (TPSA) is 49.6 Å². The Kier molecular flexibility index (Phi) is 4.63. The number of anilines is 1. The van der Waals surface area contributed by atoms with Gasteiger partial charge in [-0.15, -0.1) is 0 Å². The van der Waals surface area contributed by atoms with Gasteiger partial charge in [-0.25, -0.2) is 0 Å². The zero-order valence-electron chi connectivity index (χ0n) is 13.5. The van der Waals surface area contributed by atoms with Crippen molar-refractivity contribution in [1.29, 1.82) is 0 Å². The van der Waals surface area contributed by atoms with Gasteiger partial charge >= 0.3 is 0 Å². The van der Waals surface area contributed by atoms with Gasteiger partial charge in [0.1, 0.15) is 6.04 Å². The highest BCUT2D eigenvalue weighted by Crippen LogP contribution is 2.19. The minimum absolute atomic E-state index is 0.0140. The molecule has 1 aliphatic rings. The maximum atomic E-state index is 12.6. The lowest BCUT2D eigenvalue weighted by Gasteiger charge is -2.37. The molecule has 0 spiro atoms. The first-order valence-corrected chi connectivity index (χ1v) is 8.06. The van der Waals surface area contributed by atoms with E-state index in [1.54, 1.807) is 0 Å². The molecule has 23 heavy (non-hydrogen) atoms. The summed E-state index contributed by atoms with van der Waals surface area (Å²) in [6.07, 6.45) is 0. The van der Waals surface area contributed by atoms with E-state index in [9.17, 15) is 4.79 Å². The van der Waals surface area contributed by atoms with Crippen LogP contribution in [0.15, 0.2) is 54.6 Å². The molecule has 0 saturated carbocycles. The average Bonchev–Trinajstić information content (AvgIpc) is 2.61. The van der Waals surface area contributed by atoms with Gasteiger partial charge in [-0.1, -0.05) is 42.5 Å². The van der Waals surface area contributed by atoms with Crippen LogP contribution in [0.3, 0.4) is 0 Å². The second-order valence-electron chi connectivity index (χ2n) is 6.04. The van der Waals surface area contributed by atoms with E-state index >= 15 is 0 Å². The first kappa shape index (κ1) is 15.6. The van der Waals surface area contributed by atoms with Crippen molar-refractivity contribution in [3.05, 3.63) is 65.7 Å². The Balaban J connectivity index is 1.61. The largest absolute Gasteiger partial charge is 0.368 e. The van der Waals surface area contributed by atoms with Crippen LogP contribution in [0.1, 0.15) is 17.2 Å². The first-order valence-electron chi connectivity index (χ1n) is 8.06. The van der Waals surface area contributed by atoms with E-state index in [0.29, 0.717) is 13.1 Å². The summed E-state index contributed by atoms with van der Waals surface area (Å²) in [7, 11) is 0. The van der Waals surface area contributed by atoms with E-state index in [-0.39, 0.29) is 5.91 Å². The van der Waals surface area contributed by atoms with Crippen LogP contribution in [0.2, 0.25) is 0 Å². The molecule has 3 rings (SSSR count). The third-order valence-corrected chi connectivity index (χ3v) is 4.38. The minimum Gasteiger partial charge on any atom is -0.368 e. The Labute approximate surface area is 137 Å². The molecule has 2 aromatic carbocycles. The van der Waals surface area contributed by atoms with Crippen molar-refractivity contribution in [3.63, 3.8) is 0 Å². The third kappa shape index (κ3) is 3.54. The molecular formula is C19H23N3O. The van der Waals surface area contributed by atoms with Crippen LogP contribution < -0.4 is 10.6 Å². The van der Waals surface area contributed by atoms with Gasteiger partial charge in [0.2, 0.25) is 5.91 Å². The second-order valence-corrected chi connectivity index (χ2v) is 6.04. The van der Waals surface area contributed by atoms with Gasteiger partial charge in [-0.05, 0) is 30.2 Å². The molecule has 2 N–H and O–H groups in total. The summed E-state index contributed by atoms with van der Waals surface area (Å²) in [6, 6.07) is 17.5. The monoisotopic (exact) mass is 309 g/mol. The summed E-state index contributed by atoms with van der Waals surface area (Å²) in [5, 5.41) is 0. The van der Waals surface area contributed by atoms with Crippen molar-refractivity contribution >= 4 is 11.6 Å². The average molecular weight is 309 g/mol. The number of nitrogens with zero attached hydrogens (tertiary/aromatic N) is 2. The van der Waals surface area contributed by atoms with Crippen molar-refractivity contribution in [1.82, 2.24) is 4.90 Å². The third-order valence-electron chi connectivity index (χ3n) is 4.38. The molecule has 0 aliphatic carbocycles. The Morgan fingerprint density at radius 1 is 1.00 bits per heavy atom. The summed E-state index contributed by atoms with van der Waals surface area (Å²) < 4.78 is 0. The number of carbonyl (C=O) groups is 1. The Hall–Kier alpha value is -2.33. The SMILES string of the molecule is Cc1cccc(N2CCN(C(=O)[C@@H](N)c3ccccc3)CC2)c1. The number of hydrogen-bond acceptors (Lipinski definition) is 3. The van der Waals surface area contributed by atoms with Crippen LogP contribution in [0, 0.1) is 6.92 Å². The molecule has 4 nitrogen and oxygen atoms in total. The van der Waals surface area contributed by atoms with Gasteiger partial charge in [0.05, 0.1) is 0 Å². The Morgan fingerprint density at radius 3 is 2.35 bits per heavy atom. The molecule has 1 aliphatic heterocycles. The molecular weight excluding hydrogens is 286 g/mol. The predicted molar refractivity (Wildman–Crippen MR) is 93.3 cm³/mol. The minimum atomic E-state index is -0.568. The molecule has 0 bridgehead atoms. The number of carbonyl (C=O) groups excluding carboxylic acids is 1. The van der Waals surface area contributed by atoms with Gasteiger partial charge in [-0.3, -0.25) is 4.79 Å². The molecule has 1 saturated heterocycles. The van der Waals surface area contributed by atoms with E-state index in [1.807, 2.05) is 35.2 Å². The molecule has 0 aromatic heterocycles. The fraction of sp³-hybridized carbons (Fsp3) is 0.316. The standard InChI is InChI=1S/C19H23N3O/c1-15-6-5-9-17(14-15)21-10-12-22(13-11-21)19(23)18(20)16-7-3-2-4-8-16/h2-9,14,18H,10-13,20H2,1H3/t18-/m0/s1. The number of aryl methyl sites for hydroxylation is 1. The lowest BCUT2D eigenvalue weighted by atomic mass is 10.1. The zero-order chi connectivity index (χ0) is 16.2.